The van der Waals surface area contributed by atoms with E-state index in [-0.39, 0.29) is 11.9 Å². The summed E-state index contributed by atoms with van der Waals surface area (Å²) in [6.07, 6.45) is 8.11. The van der Waals surface area contributed by atoms with E-state index >= 15 is 0 Å². The van der Waals surface area contributed by atoms with Gasteiger partial charge >= 0.3 is 0 Å². The summed E-state index contributed by atoms with van der Waals surface area (Å²) >= 11 is 1.72. The highest BCUT2D eigenvalue weighted by molar-refractivity contribution is 7.14. The molecule has 1 aromatic carbocycles. The number of carbonyl (C=O) groups is 1. The van der Waals surface area contributed by atoms with Gasteiger partial charge in [-0.15, -0.1) is 11.3 Å². The summed E-state index contributed by atoms with van der Waals surface area (Å²) in [6, 6.07) is 10.3. The largest absolute Gasteiger partial charge is 0.340 e. The lowest BCUT2D eigenvalue weighted by atomic mass is 10.1. The predicted octanol–water partition coefficient (Wildman–Crippen LogP) is 4.87. The zero-order chi connectivity index (χ0) is 17.5. The zero-order valence-corrected chi connectivity index (χ0v) is 15.6. The monoisotopic (exact) mass is 365 g/mol. The number of aryl methyl sites for hydroxylation is 2. The number of H-pyrrole nitrogens is 1. The Morgan fingerprint density at radius 3 is 2.96 bits per heavy atom. The molecule has 0 spiro atoms. The molecule has 5 heteroatoms. The van der Waals surface area contributed by atoms with Crippen molar-refractivity contribution in [1.29, 1.82) is 0 Å². The van der Waals surface area contributed by atoms with Crippen LogP contribution in [0.15, 0.2) is 30.3 Å². The van der Waals surface area contributed by atoms with Gasteiger partial charge in [0, 0.05) is 11.4 Å². The summed E-state index contributed by atoms with van der Waals surface area (Å²) in [5.74, 6) is 1.11. The van der Waals surface area contributed by atoms with E-state index in [0.717, 1.165) is 54.0 Å². The van der Waals surface area contributed by atoms with Crippen molar-refractivity contribution in [3.05, 3.63) is 51.5 Å². The summed E-state index contributed by atoms with van der Waals surface area (Å²) in [7, 11) is 0. The molecule has 1 atom stereocenters. The lowest BCUT2D eigenvalue weighted by Gasteiger charge is -2.22. The lowest BCUT2D eigenvalue weighted by Crippen LogP contribution is -2.30. The van der Waals surface area contributed by atoms with Crippen molar-refractivity contribution >= 4 is 28.3 Å². The molecular weight excluding hydrogens is 342 g/mol. The van der Waals surface area contributed by atoms with E-state index in [0.29, 0.717) is 0 Å². The van der Waals surface area contributed by atoms with Gasteiger partial charge in [0.25, 0.3) is 5.91 Å². The van der Waals surface area contributed by atoms with Gasteiger partial charge in [-0.25, -0.2) is 4.98 Å². The van der Waals surface area contributed by atoms with Crippen LogP contribution in [0.1, 0.15) is 64.1 Å². The van der Waals surface area contributed by atoms with Crippen LogP contribution in [0.2, 0.25) is 0 Å². The molecule has 0 bridgehead atoms. The van der Waals surface area contributed by atoms with Crippen LogP contribution < -0.4 is 0 Å². The van der Waals surface area contributed by atoms with Crippen molar-refractivity contribution in [2.24, 2.45) is 0 Å². The van der Waals surface area contributed by atoms with Crippen molar-refractivity contribution in [2.45, 2.75) is 51.0 Å². The summed E-state index contributed by atoms with van der Waals surface area (Å²) < 4.78 is 0. The van der Waals surface area contributed by atoms with Crippen LogP contribution in [0.3, 0.4) is 0 Å². The Morgan fingerprint density at radius 1 is 1.15 bits per heavy atom. The second kappa shape index (κ2) is 6.54. The Labute approximate surface area is 157 Å². The number of nitrogens with one attached hydrogen (secondary N) is 1. The number of aromatic nitrogens is 2. The molecule has 134 valence electrons. The fourth-order valence-corrected chi connectivity index (χ4v) is 5.55. The third-order valence-electron chi connectivity index (χ3n) is 5.69. The molecule has 1 saturated heterocycles. The Bertz CT molecular complexity index is 901. The van der Waals surface area contributed by atoms with Crippen LogP contribution in [0.4, 0.5) is 0 Å². The summed E-state index contributed by atoms with van der Waals surface area (Å²) in [4.78, 5) is 25.8. The minimum atomic E-state index is 0.0665. The molecule has 0 radical (unpaired) electrons. The molecule has 1 aliphatic heterocycles. The van der Waals surface area contributed by atoms with Crippen LogP contribution in [0, 0.1) is 0 Å². The SMILES string of the molecule is O=C(c1cc2c(s1)CCCCC2)N1CCCC1c1nc2ccccc2[nH]1. The maximum atomic E-state index is 13.2. The number of rotatable bonds is 2. The standard InChI is InChI=1S/C21H23N3OS/c25-21(19-13-14-7-2-1-3-11-18(14)26-19)24-12-6-10-17(24)20-22-15-8-4-5-9-16(15)23-20/h4-5,8-9,13,17H,1-3,6-7,10-12H2,(H,22,23). The first-order valence-electron chi connectivity index (χ1n) is 9.67. The number of nitrogens with zero attached hydrogens (tertiary/aromatic N) is 2. The highest BCUT2D eigenvalue weighted by atomic mass is 32.1. The predicted molar refractivity (Wildman–Crippen MR) is 105 cm³/mol. The molecule has 26 heavy (non-hydrogen) atoms. The number of hydrogen-bond acceptors (Lipinski definition) is 3. The molecule has 1 unspecified atom stereocenters. The number of para-hydroxylation sites is 2. The van der Waals surface area contributed by atoms with E-state index in [9.17, 15) is 4.79 Å². The van der Waals surface area contributed by atoms with Crippen molar-refractivity contribution in [2.75, 3.05) is 6.54 Å². The number of likely N-dealkylation sites (tertiary alicyclic amines) is 1. The topological polar surface area (TPSA) is 49.0 Å². The normalized spacial score (nSPS) is 20.3. The fourth-order valence-electron chi connectivity index (χ4n) is 4.34. The molecular formula is C21H23N3OS. The number of imidazole rings is 1. The minimum Gasteiger partial charge on any atom is -0.340 e. The number of thiophene rings is 1. The van der Waals surface area contributed by atoms with Gasteiger partial charge in [-0.3, -0.25) is 4.79 Å². The van der Waals surface area contributed by atoms with Gasteiger partial charge in [0.15, 0.2) is 0 Å². The van der Waals surface area contributed by atoms with Crippen molar-refractivity contribution in [3.63, 3.8) is 0 Å². The fraction of sp³-hybridized carbons (Fsp3) is 0.429. The molecule has 2 aromatic heterocycles. The lowest BCUT2D eigenvalue weighted by molar-refractivity contribution is 0.0735. The quantitative estimate of drug-likeness (QED) is 0.659. The maximum Gasteiger partial charge on any atom is 0.264 e. The molecule has 2 aliphatic rings. The molecule has 5 rings (SSSR count). The molecule has 4 nitrogen and oxygen atoms in total. The third kappa shape index (κ3) is 2.75. The number of aromatic amines is 1. The van der Waals surface area contributed by atoms with Crippen molar-refractivity contribution in [3.8, 4) is 0 Å². The molecule has 1 N–H and O–H groups in total. The van der Waals surface area contributed by atoms with Crippen molar-refractivity contribution < 1.29 is 4.79 Å². The highest BCUT2D eigenvalue weighted by Crippen LogP contribution is 2.35. The van der Waals surface area contributed by atoms with Gasteiger partial charge in [0.2, 0.25) is 0 Å². The molecule has 0 saturated carbocycles. The third-order valence-corrected chi connectivity index (χ3v) is 6.92. The average molecular weight is 366 g/mol. The molecule has 3 aromatic rings. The summed E-state index contributed by atoms with van der Waals surface area (Å²) in [5, 5.41) is 0. The number of fused-ring (bicyclic) bond motifs is 2. The Kier molecular flexibility index (Phi) is 4.04. The van der Waals surface area contributed by atoms with Gasteiger partial charge in [-0.05, 0) is 62.3 Å². The van der Waals surface area contributed by atoms with E-state index in [1.807, 2.05) is 29.2 Å². The van der Waals surface area contributed by atoms with Crippen LogP contribution >= 0.6 is 11.3 Å². The molecule has 1 amide bonds. The second-order valence-corrected chi connectivity index (χ2v) is 8.55. The molecule has 1 fully saturated rings. The Hall–Kier alpha value is -2.14. The van der Waals surface area contributed by atoms with Gasteiger partial charge in [-0.1, -0.05) is 18.6 Å². The first-order valence-corrected chi connectivity index (χ1v) is 10.5. The Balaban J connectivity index is 1.44. The smallest absolute Gasteiger partial charge is 0.264 e. The number of amides is 1. The van der Waals surface area contributed by atoms with Crippen LogP contribution in [-0.2, 0) is 12.8 Å². The van der Waals surface area contributed by atoms with Gasteiger partial charge in [0.1, 0.15) is 5.82 Å². The first kappa shape index (κ1) is 16.1. The Morgan fingerprint density at radius 2 is 2.04 bits per heavy atom. The number of hydrogen-bond donors (Lipinski definition) is 1. The summed E-state index contributed by atoms with van der Waals surface area (Å²) in [5.41, 5.74) is 3.43. The van der Waals surface area contributed by atoms with Crippen LogP contribution in [0.5, 0.6) is 0 Å². The van der Waals surface area contributed by atoms with Gasteiger partial charge in [-0.2, -0.15) is 0 Å². The van der Waals surface area contributed by atoms with Gasteiger partial charge in [0.05, 0.1) is 22.0 Å². The van der Waals surface area contributed by atoms with E-state index < -0.39 is 0 Å². The van der Waals surface area contributed by atoms with E-state index in [1.165, 1.54) is 29.7 Å². The maximum absolute atomic E-state index is 13.2. The second-order valence-electron chi connectivity index (χ2n) is 7.42. The number of carbonyl (C=O) groups excluding carboxylic acids is 1. The average Bonchev–Trinajstić information content (AvgIpc) is 3.36. The van der Waals surface area contributed by atoms with E-state index in [1.54, 1.807) is 11.3 Å². The van der Waals surface area contributed by atoms with Gasteiger partial charge < -0.3 is 9.88 Å². The molecule has 1 aliphatic carbocycles. The molecule has 3 heterocycles. The van der Waals surface area contributed by atoms with Crippen LogP contribution in [0.25, 0.3) is 11.0 Å². The number of benzene rings is 1. The van der Waals surface area contributed by atoms with Crippen molar-refractivity contribution in [1.82, 2.24) is 14.9 Å². The minimum absolute atomic E-state index is 0.0665. The van der Waals surface area contributed by atoms with Crippen LogP contribution in [-0.4, -0.2) is 27.3 Å². The zero-order valence-electron chi connectivity index (χ0n) is 14.8. The highest BCUT2D eigenvalue weighted by Gasteiger charge is 2.33. The summed E-state index contributed by atoms with van der Waals surface area (Å²) in [6.45, 7) is 0.823. The van der Waals surface area contributed by atoms with E-state index in [4.69, 9.17) is 4.98 Å². The first-order chi connectivity index (χ1) is 12.8. The van der Waals surface area contributed by atoms with E-state index in [2.05, 4.69) is 11.1 Å².